The number of alkyl halides is 3. The van der Waals surface area contributed by atoms with E-state index in [1.807, 2.05) is 18.2 Å². The Morgan fingerprint density at radius 1 is 1.18 bits per heavy atom. The summed E-state index contributed by atoms with van der Waals surface area (Å²) in [5.41, 5.74) is 5.90. The lowest BCUT2D eigenvalue weighted by atomic mass is 9.90. The Bertz CT molecular complexity index is 1130. The molecule has 12 heteroatoms. The molecule has 1 aliphatic rings. The molecule has 0 bridgehead atoms. The maximum absolute atomic E-state index is 14.5. The molecule has 5 N–H and O–H groups in total. The summed E-state index contributed by atoms with van der Waals surface area (Å²) in [6, 6.07) is 9.08. The molecule has 212 valence electrons. The van der Waals surface area contributed by atoms with Crippen LogP contribution in [0.4, 0.5) is 23.2 Å². The zero-order chi connectivity index (χ0) is 28.3. The molecule has 0 aliphatic carbocycles. The Kier molecular flexibility index (Phi) is 9.80. The van der Waals surface area contributed by atoms with Gasteiger partial charge >= 0.3 is 6.18 Å². The largest absolute Gasteiger partial charge is 0.476 e. The van der Waals surface area contributed by atoms with Gasteiger partial charge in [0, 0.05) is 47.9 Å². The Labute approximate surface area is 221 Å². The Hall–Kier alpha value is -2.25. The zero-order valence-corrected chi connectivity index (χ0v) is 22.2. The lowest BCUT2D eigenvalue weighted by Crippen LogP contribution is -2.53. The van der Waals surface area contributed by atoms with E-state index in [1.165, 1.54) is 6.07 Å². The molecular formula is C26H34F4N2O5S. The molecule has 0 saturated carbocycles. The minimum atomic E-state index is -4.77. The fourth-order valence-corrected chi connectivity index (χ4v) is 6.01. The Morgan fingerprint density at radius 2 is 1.89 bits per heavy atom. The topological polar surface area (TPSA) is 114 Å². The Morgan fingerprint density at radius 3 is 2.53 bits per heavy atom. The number of rotatable bonds is 10. The quantitative estimate of drug-likeness (QED) is 0.260. The minimum absolute atomic E-state index is 0.0494. The van der Waals surface area contributed by atoms with E-state index in [9.17, 15) is 32.0 Å². The summed E-state index contributed by atoms with van der Waals surface area (Å²) < 4.78 is 76.5. The molecule has 7 nitrogen and oxygen atoms in total. The van der Waals surface area contributed by atoms with Gasteiger partial charge in [-0.2, -0.15) is 13.2 Å². The van der Waals surface area contributed by atoms with E-state index in [-0.39, 0.29) is 23.5 Å². The lowest BCUT2D eigenvalue weighted by molar-refractivity contribution is -0.206. The molecule has 1 saturated heterocycles. The normalized spacial score (nSPS) is 23.3. The van der Waals surface area contributed by atoms with Crippen molar-refractivity contribution in [2.45, 2.75) is 56.8 Å². The van der Waals surface area contributed by atoms with E-state index < -0.39 is 70.6 Å². The van der Waals surface area contributed by atoms with Gasteiger partial charge in [-0.15, -0.1) is 0 Å². The first-order valence-corrected chi connectivity index (χ1v) is 13.6. The molecule has 2 aromatic rings. The fraction of sp³-hybridized carbons (Fsp3) is 0.538. The standard InChI is InChI=1S/C26H34F4N2O5S/c1-25(2,34)18-6-4-5-15(8-18)11-32-20-14-38(35)13-17(24(20)33)7-16-9-19(27)23(31)21(10-16)37-22(12-36-3)26(28,29)30/h4-6,8-10,17,20,22,24,32-34H,7,11-14,31H2,1-3H3/t17-,20+,22-,24+,38-/m1/s1. The van der Waals surface area contributed by atoms with Crippen LogP contribution in [0, 0.1) is 11.7 Å². The van der Waals surface area contributed by atoms with Crippen LogP contribution in [-0.4, -0.2) is 64.1 Å². The van der Waals surface area contributed by atoms with Crippen LogP contribution in [0.5, 0.6) is 5.75 Å². The first-order chi connectivity index (χ1) is 17.7. The first kappa shape index (κ1) is 30.3. The van der Waals surface area contributed by atoms with Gasteiger partial charge in [-0.05, 0) is 49.1 Å². The third-order valence-corrected chi connectivity index (χ3v) is 7.99. The van der Waals surface area contributed by atoms with Crippen LogP contribution in [0.2, 0.25) is 0 Å². The maximum Gasteiger partial charge on any atom is 0.427 e. The number of aliphatic hydroxyl groups is 2. The van der Waals surface area contributed by atoms with E-state index in [0.717, 1.165) is 24.3 Å². The monoisotopic (exact) mass is 562 g/mol. The zero-order valence-electron chi connectivity index (χ0n) is 21.4. The molecule has 3 rings (SSSR count). The van der Waals surface area contributed by atoms with Crippen LogP contribution >= 0.6 is 0 Å². The van der Waals surface area contributed by atoms with E-state index in [4.69, 9.17) is 10.5 Å². The highest BCUT2D eigenvalue weighted by Gasteiger charge is 2.42. The lowest BCUT2D eigenvalue weighted by Gasteiger charge is -2.35. The number of nitrogen functional groups attached to an aromatic ring is 1. The molecule has 1 heterocycles. The summed E-state index contributed by atoms with van der Waals surface area (Å²) in [4.78, 5) is 0. The number of ether oxygens (including phenoxy) is 2. The summed E-state index contributed by atoms with van der Waals surface area (Å²) in [7, 11) is -0.202. The van der Waals surface area contributed by atoms with Crippen molar-refractivity contribution >= 4 is 16.5 Å². The van der Waals surface area contributed by atoms with Crippen LogP contribution in [0.1, 0.15) is 30.5 Å². The van der Waals surface area contributed by atoms with Crippen molar-refractivity contribution in [3.05, 3.63) is 58.9 Å². The molecule has 0 aromatic heterocycles. The maximum atomic E-state index is 14.5. The predicted molar refractivity (Wildman–Crippen MR) is 137 cm³/mol. The van der Waals surface area contributed by atoms with Gasteiger partial charge in [0.25, 0.3) is 0 Å². The Balaban J connectivity index is 1.74. The number of benzene rings is 2. The molecule has 1 fully saturated rings. The number of nitrogens with two attached hydrogens (primary N) is 1. The minimum Gasteiger partial charge on any atom is -0.476 e. The molecule has 0 spiro atoms. The van der Waals surface area contributed by atoms with Crippen molar-refractivity contribution in [1.82, 2.24) is 5.32 Å². The van der Waals surface area contributed by atoms with Gasteiger partial charge in [0.1, 0.15) is 17.3 Å². The number of methoxy groups -OCH3 is 1. The number of nitrogens with one attached hydrogen (secondary N) is 1. The van der Waals surface area contributed by atoms with Crippen molar-refractivity contribution in [2.75, 3.05) is 31.0 Å². The van der Waals surface area contributed by atoms with Crippen LogP contribution in [0.15, 0.2) is 36.4 Å². The third-order valence-electron chi connectivity index (χ3n) is 6.46. The molecule has 5 atom stereocenters. The van der Waals surface area contributed by atoms with Gasteiger partial charge in [-0.3, -0.25) is 4.21 Å². The summed E-state index contributed by atoms with van der Waals surface area (Å²) in [5, 5.41) is 24.5. The molecule has 0 unspecified atom stereocenters. The summed E-state index contributed by atoms with van der Waals surface area (Å²) in [6.07, 6.45) is -8.02. The summed E-state index contributed by atoms with van der Waals surface area (Å²) in [5.74, 6) is -1.64. The van der Waals surface area contributed by atoms with Crippen LogP contribution in [0.25, 0.3) is 0 Å². The van der Waals surface area contributed by atoms with Crippen molar-refractivity contribution in [1.29, 1.82) is 0 Å². The van der Waals surface area contributed by atoms with E-state index in [1.54, 1.807) is 19.9 Å². The average Bonchev–Trinajstić information content (AvgIpc) is 2.82. The van der Waals surface area contributed by atoms with Gasteiger partial charge in [0.2, 0.25) is 6.10 Å². The van der Waals surface area contributed by atoms with Crippen LogP contribution < -0.4 is 15.8 Å². The highest BCUT2D eigenvalue weighted by atomic mass is 32.2. The van der Waals surface area contributed by atoms with Crippen molar-refractivity contribution in [3.8, 4) is 5.75 Å². The SMILES string of the molecule is COC[C@@H](Oc1cc(C[C@@H]2C[S@@](=O)C[C@H](NCc3cccc(C(C)(C)O)c3)[C@H]2O)cc(F)c1N)C(F)(F)F. The van der Waals surface area contributed by atoms with Crippen molar-refractivity contribution in [2.24, 2.45) is 5.92 Å². The summed E-state index contributed by atoms with van der Waals surface area (Å²) in [6.45, 7) is 2.90. The smallest absolute Gasteiger partial charge is 0.427 e. The number of hydrogen-bond donors (Lipinski definition) is 4. The second kappa shape index (κ2) is 12.3. The van der Waals surface area contributed by atoms with Crippen LogP contribution in [-0.2, 0) is 34.1 Å². The third kappa shape index (κ3) is 7.89. The molecule has 0 radical (unpaired) electrons. The van der Waals surface area contributed by atoms with Gasteiger partial charge in [-0.1, -0.05) is 24.3 Å². The second-order valence-corrected chi connectivity index (χ2v) is 11.6. The number of aliphatic hydroxyl groups excluding tert-OH is 1. The molecule has 1 aliphatic heterocycles. The first-order valence-electron chi connectivity index (χ1n) is 12.1. The van der Waals surface area contributed by atoms with Crippen LogP contribution in [0.3, 0.4) is 0 Å². The molecule has 2 aromatic carbocycles. The molecule has 0 amide bonds. The van der Waals surface area contributed by atoms with Gasteiger partial charge in [0.05, 0.1) is 18.3 Å². The van der Waals surface area contributed by atoms with Gasteiger partial charge in [-0.25, -0.2) is 4.39 Å². The van der Waals surface area contributed by atoms with Crippen molar-refractivity contribution in [3.63, 3.8) is 0 Å². The van der Waals surface area contributed by atoms with E-state index >= 15 is 0 Å². The summed E-state index contributed by atoms with van der Waals surface area (Å²) >= 11 is 0. The highest BCUT2D eigenvalue weighted by molar-refractivity contribution is 7.85. The molecule has 38 heavy (non-hydrogen) atoms. The van der Waals surface area contributed by atoms with Crippen molar-refractivity contribution < 1.29 is 41.5 Å². The number of anilines is 1. The van der Waals surface area contributed by atoms with Gasteiger partial charge < -0.3 is 30.7 Å². The average molecular weight is 563 g/mol. The molecular weight excluding hydrogens is 528 g/mol. The van der Waals surface area contributed by atoms with E-state index in [2.05, 4.69) is 10.1 Å². The van der Waals surface area contributed by atoms with Gasteiger partial charge in [0.15, 0.2) is 0 Å². The number of hydrogen-bond acceptors (Lipinski definition) is 7. The highest BCUT2D eigenvalue weighted by Crippen LogP contribution is 2.33. The predicted octanol–water partition coefficient (Wildman–Crippen LogP) is 3.03. The fourth-order valence-electron chi connectivity index (χ4n) is 4.37. The number of halogens is 4. The van der Waals surface area contributed by atoms with E-state index in [0.29, 0.717) is 6.54 Å². The second-order valence-electron chi connectivity index (χ2n) is 10.1.